The Balaban J connectivity index is 1.17. The third-order valence-corrected chi connectivity index (χ3v) is 6.66. The summed E-state index contributed by atoms with van der Waals surface area (Å²) in [5.74, 6) is 1.57. The van der Waals surface area contributed by atoms with E-state index in [9.17, 15) is 9.59 Å². The lowest BCUT2D eigenvalue weighted by Gasteiger charge is -2.35. The van der Waals surface area contributed by atoms with Gasteiger partial charge in [0, 0.05) is 54.5 Å². The Morgan fingerprint density at radius 1 is 1.15 bits per heavy atom. The zero-order chi connectivity index (χ0) is 23.7. The van der Waals surface area contributed by atoms with Gasteiger partial charge in [-0.25, -0.2) is 9.97 Å². The van der Waals surface area contributed by atoms with Gasteiger partial charge in [-0.3, -0.25) is 14.5 Å². The van der Waals surface area contributed by atoms with Gasteiger partial charge in [-0.2, -0.15) is 0 Å². The van der Waals surface area contributed by atoms with E-state index in [1.165, 1.54) is 5.56 Å². The number of methoxy groups -OCH3 is 1. The zero-order valence-corrected chi connectivity index (χ0v) is 19.4. The van der Waals surface area contributed by atoms with Gasteiger partial charge in [0.15, 0.2) is 11.6 Å². The van der Waals surface area contributed by atoms with E-state index >= 15 is 0 Å². The SMILES string of the molecule is COc1cncnc1N1CCN(CCCc2c[nH]c3ccc(Nc4c(C)c(=O)c4=O)cc23)CC1. The molecule has 9 nitrogen and oxygen atoms in total. The number of nitrogens with one attached hydrogen (secondary N) is 2. The maximum Gasteiger partial charge on any atom is 0.249 e. The Labute approximate surface area is 197 Å². The van der Waals surface area contributed by atoms with Crippen molar-refractivity contribution in [2.75, 3.05) is 50.1 Å². The van der Waals surface area contributed by atoms with Crippen molar-refractivity contribution in [3.63, 3.8) is 0 Å². The van der Waals surface area contributed by atoms with Gasteiger partial charge in [-0.1, -0.05) is 0 Å². The van der Waals surface area contributed by atoms with Crippen LogP contribution in [0.15, 0.2) is 46.5 Å². The zero-order valence-electron chi connectivity index (χ0n) is 19.4. The van der Waals surface area contributed by atoms with E-state index in [1.807, 2.05) is 18.2 Å². The molecule has 0 unspecified atom stereocenters. The Bertz CT molecular complexity index is 1380. The van der Waals surface area contributed by atoms with Crippen LogP contribution in [0.2, 0.25) is 0 Å². The number of aryl methyl sites for hydroxylation is 1. The molecule has 1 aliphatic heterocycles. The van der Waals surface area contributed by atoms with Crippen LogP contribution in [0.25, 0.3) is 10.9 Å². The molecule has 1 saturated heterocycles. The first kappa shape index (κ1) is 22.1. The maximum atomic E-state index is 11.8. The molecule has 0 spiro atoms. The molecule has 5 rings (SSSR count). The van der Waals surface area contributed by atoms with E-state index in [1.54, 1.807) is 26.6 Å². The summed E-state index contributed by atoms with van der Waals surface area (Å²) in [5.41, 5.74) is 3.20. The fourth-order valence-electron chi connectivity index (χ4n) is 4.63. The molecule has 0 aliphatic carbocycles. The molecule has 2 aromatic heterocycles. The first-order valence-corrected chi connectivity index (χ1v) is 11.5. The van der Waals surface area contributed by atoms with Crippen molar-refractivity contribution >= 4 is 28.1 Å². The van der Waals surface area contributed by atoms with Gasteiger partial charge in [-0.15, -0.1) is 0 Å². The number of fused-ring (bicyclic) bond motifs is 1. The number of hydrogen-bond acceptors (Lipinski definition) is 8. The highest BCUT2D eigenvalue weighted by Crippen LogP contribution is 2.27. The summed E-state index contributed by atoms with van der Waals surface area (Å²) >= 11 is 0. The highest BCUT2D eigenvalue weighted by atomic mass is 16.5. The maximum absolute atomic E-state index is 11.8. The number of H-pyrrole nitrogens is 1. The minimum absolute atomic E-state index is 0.400. The van der Waals surface area contributed by atoms with E-state index < -0.39 is 10.9 Å². The summed E-state index contributed by atoms with van der Waals surface area (Å²) in [6.07, 6.45) is 7.35. The molecule has 1 fully saturated rings. The van der Waals surface area contributed by atoms with E-state index in [0.29, 0.717) is 17.0 Å². The number of ether oxygens (including phenoxy) is 1. The Kier molecular flexibility index (Phi) is 6.02. The summed E-state index contributed by atoms with van der Waals surface area (Å²) in [7, 11) is 1.65. The Morgan fingerprint density at radius 3 is 2.74 bits per heavy atom. The van der Waals surface area contributed by atoms with Crippen molar-refractivity contribution in [3.8, 4) is 5.75 Å². The van der Waals surface area contributed by atoms with Gasteiger partial charge < -0.3 is 19.9 Å². The van der Waals surface area contributed by atoms with Gasteiger partial charge >= 0.3 is 0 Å². The largest absolute Gasteiger partial charge is 0.491 e. The average molecular weight is 461 g/mol. The molecule has 0 bridgehead atoms. The average Bonchev–Trinajstić information content (AvgIpc) is 3.29. The lowest BCUT2D eigenvalue weighted by molar-refractivity contribution is 0.253. The molecule has 0 atom stereocenters. The normalized spacial score (nSPS) is 14.7. The smallest absolute Gasteiger partial charge is 0.249 e. The number of nitrogens with zero attached hydrogens (tertiary/aromatic N) is 4. The van der Waals surface area contributed by atoms with Crippen molar-refractivity contribution in [2.24, 2.45) is 0 Å². The van der Waals surface area contributed by atoms with E-state index in [4.69, 9.17) is 4.74 Å². The Hall–Kier alpha value is -3.72. The predicted octanol–water partition coefficient (Wildman–Crippen LogP) is 2.37. The van der Waals surface area contributed by atoms with Gasteiger partial charge in [0.1, 0.15) is 6.33 Å². The highest BCUT2D eigenvalue weighted by Gasteiger charge is 2.21. The van der Waals surface area contributed by atoms with Crippen molar-refractivity contribution in [2.45, 2.75) is 19.8 Å². The molecule has 34 heavy (non-hydrogen) atoms. The molecule has 0 radical (unpaired) electrons. The van der Waals surface area contributed by atoms with E-state index in [2.05, 4.69) is 36.3 Å². The summed E-state index contributed by atoms with van der Waals surface area (Å²) in [5, 5.41) is 4.26. The fraction of sp³-hybridized carbons (Fsp3) is 0.360. The quantitative estimate of drug-likeness (QED) is 0.386. The van der Waals surface area contributed by atoms with Crippen molar-refractivity contribution in [1.82, 2.24) is 19.9 Å². The standard InChI is InChI=1S/C25H28N6O3/c1-16-22(24(33)23(16)32)29-18-5-6-20-19(12-18)17(13-27-20)4-3-7-30-8-10-31(11-9-30)25-21(34-2)14-26-15-28-25/h5-6,12-15,27,29H,3-4,7-11H2,1-2H3. The minimum atomic E-state index is -0.440. The number of rotatable bonds is 8. The molecule has 0 saturated carbocycles. The van der Waals surface area contributed by atoms with Crippen molar-refractivity contribution in [1.29, 1.82) is 0 Å². The highest BCUT2D eigenvalue weighted by molar-refractivity contribution is 5.87. The fourth-order valence-corrected chi connectivity index (χ4v) is 4.63. The number of hydrogen-bond donors (Lipinski definition) is 2. The van der Waals surface area contributed by atoms with Crippen LogP contribution >= 0.6 is 0 Å². The van der Waals surface area contributed by atoms with Crippen LogP contribution in [0, 0.1) is 6.92 Å². The monoisotopic (exact) mass is 460 g/mol. The van der Waals surface area contributed by atoms with Crippen molar-refractivity contribution < 1.29 is 4.74 Å². The molecular weight excluding hydrogens is 432 g/mol. The van der Waals surface area contributed by atoms with Crippen molar-refractivity contribution in [3.05, 3.63) is 68.5 Å². The summed E-state index contributed by atoms with van der Waals surface area (Å²) < 4.78 is 5.40. The van der Waals surface area contributed by atoms with Crippen LogP contribution in [0.3, 0.4) is 0 Å². The second-order valence-corrected chi connectivity index (χ2v) is 8.70. The van der Waals surface area contributed by atoms with Crippen LogP contribution in [-0.4, -0.2) is 59.7 Å². The molecule has 176 valence electrons. The second kappa shape index (κ2) is 9.26. The summed E-state index contributed by atoms with van der Waals surface area (Å²) in [6.45, 7) is 6.49. The molecule has 4 aromatic rings. The molecule has 0 amide bonds. The molecule has 2 aromatic carbocycles. The number of benzene rings is 1. The molecule has 1 aliphatic rings. The number of piperazine rings is 1. The topological polar surface area (TPSA) is 103 Å². The summed E-state index contributed by atoms with van der Waals surface area (Å²) in [6, 6.07) is 5.97. The van der Waals surface area contributed by atoms with Crippen LogP contribution < -0.4 is 25.8 Å². The van der Waals surface area contributed by atoms with E-state index in [-0.39, 0.29) is 0 Å². The first-order valence-electron chi connectivity index (χ1n) is 11.5. The minimum Gasteiger partial charge on any atom is -0.491 e. The van der Waals surface area contributed by atoms with Gasteiger partial charge in [-0.05, 0) is 50.1 Å². The van der Waals surface area contributed by atoms with E-state index in [0.717, 1.165) is 68.0 Å². The molecule has 3 heterocycles. The molecule has 9 heteroatoms. The molecular formula is C25H28N6O3. The van der Waals surface area contributed by atoms with Crippen LogP contribution in [0.4, 0.5) is 17.2 Å². The predicted molar refractivity (Wildman–Crippen MR) is 133 cm³/mol. The van der Waals surface area contributed by atoms with Crippen LogP contribution in [0.5, 0.6) is 5.75 Å². The number of anilines is 3. The third kappa shape index (κ3) is 4.14. The van der Waals surface area contributed by atoms with Crippen LogP contribution in [-0.2, 0) is 6.42 Å². The summed E-state index contributed by atoms with van der Waals surface area (Å²) in [4.78, 5) is 39.8. The lowest BCUT2D eigenvalue weighted by atomic mass is 10.1. The first-order chi connectivity index (χ1) is 16.5. The third-order valence-electron chi connectivity index (χ3n) is 6.66. The van der Waals surface area contributed by atoms with Gasteiger partial charge in [0.05, 0.1) is 19.0 Å². The number of aromatic amines is 1. The van der Waals surface area contributed by atoms with Gasteiger partial charge in [0.2, 0.25) is 10.9 Å². The lowest BCUT2D eigenvalue weighted by Crippen LogP contribution is -2.47. The van der Waals surface area contributed by atoms with Crippen LogP contribution in [0.1, 0.15) is 17.5 Å². The van der Waals surface area contributed by atoms with Gasteiger partial charge in [0.25, 0.3) is 0 Å². The Morgan fingerprint density at radius 2 is 1.97 bits per heavy atom. The number of aromatic nitrogens is 3. The molecule has 2 N–H and O–H groups in total. The second-order valence-electron chi connectivity index (χ2n) is 8.70.